The van der Waals surface area contributed by atoms with Crippen molar-refractivity contribution >= 4 is 5.91 Å². The number of hydrogen-bond donors (Lipinski definition) is 2. The number of primary amides is 1. The van der Waals surface area contributed by atoms with Crippen molar-refractivity contribution in [3.05, 3.63) is 36.2 Å². The zero-order chi connectivity index (χ0) is 8.55. The van der Waals surface area contributed by atoms with Crippen molar-refractivity contribution in [3.63, 3.8) is 0 Å². The van der Waals surface area contributed by atoms with E-state index in [1.165, 1.54) is 18.7 Å². The topological polar surface area (TPSA) is 67.6 Å². The van der Waals surface area contributed by atoms with Crippen LogP contribution in [0.1, 0.15) is 0 Å². The Morgan fingerprint density at radius 3 is 3.25 bits per heavy atom. The van der Waals surface area contributed by atoms with E-state index in [0.717, 1.165) is 0 Å². The largest absolute Gasteiger partial charge is 0.469 e. The fourth-order valence-electron chi connectivity index (χ4n) is 1.05. The highest BCUT2D eigenvalue weighted by Gasteiger charge is 2.24. The second kappa shape index (κ2) is 2.30. The van der Waals surface area contributed by atoms with E-state index in [1.807, 2.05) is 0 Å². The fourth-order valence-corrected chi connectivity index (χ4v) is 1.05. The van der Waals surface area contributed by atoms with Gasteiger partial charge >= 0.3 is 0 Å². The van der Waals surface area contributed by atoms with Gasteiger partial charge in [0.2, 0.25) is 0 Å². The van der Waals surface area contributed by atoms with Crippen LogP contribution in [0.5, 0.6) is 0 Å². The summed E-state index contributed by atoms with van der Waals surface area (Å²) in [4.78, 5) is 10.8. The molecule has 0 aromatic carbocycles. The summed E-state index contributed by atoms with van der Waals surface area (Å²) in [5.74, 6) is -0.477. The predicted octanol–water partition coefficient (Wildman–Crippen LogP) is -0.481. The Labute approximate surface area is 68.7 Å². The molecule has 0 aromatic heterocycles. The minimum absolute atomic E-state index is 0.416. The molecule has 0 aliphatic carbocycles. The lowest BCUT2D eigenvalue weighted by atomic mass is 10.2. The Bertz CT molecular complexity index is 317. The molecule has 2 heterocycles. The molecule has 0 radical (unpaired) electrons. The molecule has 0 bridgehead atoms. The van der Waals surface area contributed by atoms with Gasteiger partial charge in [0, 0.05) is 6.20 Å². The summed E-state index contributed by atoms with van der Waals surface area (Å²) in [6.45, 7) is 0. The first kappa shape index (κ1) is 6.78. The molecule has 2 rings (SSSR count). The van der Waals surface area contributed by atoms with Crippen LogP contribution in [0.25, 0.3) is 0 Å². The number of rotatable bonds is 1. The van der Waals surface area contributed by atoms with Crippen LogP contribution in [0.3, 0.4) is 0 Å². The molecular weight excluding hydrogens is 158 g/mol. The average molecular weight is 165 g/mol. The molecule has 12 heavy (non-hydrogen) atoms. The number of carbonyl (C=O) groups excluding carboxylic acids is 1. The maximum Gasteiger partial charge on any atom is 0.252 e. The lowest BCUT2D eigenvalue weighted by Gasteiger charge is -2.18. The first-order valence-electron chi connectivity index (χ1n) is 3.37. The highest BCUT2D eigenvalue weighted by atomic mass is 16.5. The van der Waals surface area contributed by atoms with E-state index in [2.05, 4.69) is 5.43 Å². The number of hydrazine groups is 1. The molecule has 0 saturated heterocycles. The molecule has 2 aliphatic heterocycles. The van der Waals surface area contributed by atoms with Gasteiger partial charge in [0.05, 0.1) is 11.8 Å². The normalized spacial score (nSPS) is 18.8. The van der Waals surface area contributed by atoms with Crippen molar-refractivity contribution in [3.8, 4) is 0 Å². The zero-order valence-electron chi connectivity index (χ0n) is 6.15. The van der Waals surface area contributed by atoms with Gasteiger partial charge in [0.25, 0.3) is 5.91 Å². The van der Waals surface area contributed by atoms with Gasteiger partial charge in [-0.15, -0.1) is 0 Å². The van der Waals surface area contributed by atoms with E-state index in [1.54, 1.807) is 11.2 Å². The monoisotopic (exact) mass is 165 g/mol. The second-order valence-electron chi connectivity index (χ2n) is 2.35. The first-order valence-corrected chi connectivity index (χ1v) is 3.37. The lowest BCUT2D eigenvalue weighted by Crippen LogP contribution is -2.25. The highest BCUT2D eigenvalue weighted by molar-refractivity contribution is 5.96. The summed E-state index contributed by atoms with van der Waals surface area (Å²) in [5.41, 5.74) is 8.98. The molecule has 0 atom stereocenters. The number of hydrogen-bond acceptors (Lipinski definition) is 4. The van der Waals surface area contributed by atoms with E-state index in [4.69, 9.17) is 10.5 Å². The molecule has 1 amide bonds. The maximum atomic E-state index is 10.8. The maximum absolute atomic E-state index is 10.8. The third-order valence-corrected chi connectivity index (χ3v) is 1.62. The number of nitrogens with zero attached hydrogens (tertiary/aromatic N) is 1. The Morgan fingerprint density at radius 1 is 1.67 bits per heavy atom. The Balaban J connectivity index is 2.31. The van der Waals surface area contributed by atoms with Crippen LogP contribution in [-0.2, 0) is 9.53 Å². The number of nitrogens with two attached hydrogens (primary N) is 1. The predicted molar refractivity (Wildman–Crippen MR) is 40.6 cm³/mol. The SMILES string of the molecule is NC(=O)C1=CNN2C=COC=C12. The Morgan fingerprint density at radius 2 is 2.50 bits per heavy atom. The van der Waals surface area contributed by atoms with Crippen molar-refractivity contribution in [1.82, 2.24) is 10.4 Å². The zero-order valence-corrected chi connectivity index (χ0v) is 6.15. The number of amides is 1. The third kappa shape index (κ3) is 0.833. The van der Waals surface area contributed by atoms with Gasteiger partial charge in [-0.3, -0.25) is 9.80 Å². The van der Waals surface area contributed by atoms with E-state index < -0.39 is 5.91 Å². The molecule has 0 fully saturated rings. The average Bonchev–Trinajstić information content (AvgIpc) is 2.47. The van der Waals surface area contributed by atoms with Gasteiger partial charge in [-0.1, -0.05) is 0 Å². The van der Waals surface area contributed by atoms with E-state index >= 15 is 0 Å². The Hall–Kier alpha value is -1.91. The van der Waals surface area contributed by atoms with Gasteiger partial charge < -0.3 is 15.9 Å². The van der Waals surface area contributed by atoms with Crippen LogP contribution in [0, 0.1) is 0 Å². The summed E-state index contributed by atoms with van der Waals surface area (Å²) in [5, 5.41) is 1.64. The third-order valence-electron chi connectivity index (χ3n) is 1.62. The lowest BCUT2D eigenvalue weighted by molar-refractivity contribution is -0.114. The summed E-state index contributed by atoms with van der Waals surface area (Å²) in [6, 6.07) is 0. The van der Waals surface area contributed by atoms with Crippen molar-refractivity contribution in [2.45, 2.75) is 0 Å². The summed E-state index contributed by atoms with van der Waals surface area (Å²) >= 11 is 0. The van der Waals surface area contributed by atoms with Crippen LogP contribution in [-0.4, -0.2) is 10.9 Å². The highest BCUT2D eigenvalue weighted by Crippen LogP contribution is 2.21. The van der Waals surface area contributed by atoms with Gasteiger partial charge in [-0.05, 0) is 0 Å². The van der Waals surface area contributed by atoms with Crippen LogP contribution in [0.4, 0.5) is 0 Å². The van der Waals surface area contributed by atoms with E-state index in [-0.39, 0.29) is 0 Å². The van der Waals surface area contributed by atoms with Crippen molar-refractivity contribution in [2.24, 2.45) is 5.73 Å². The van der Waals surface area contributed by atoms with Crippen LogP contribution < -0.4 is 11.2 Å². The fraction of sp³-hybridized carbons (Fsp3) is 0. The summed E-state index contributed by atoms with van der Waals surface area (Å²) < 4.78 is 4.89. The van der Waals surface area contributed by atoms with Gasteiger partial charge in [0.1, 0.15) is 18.2 Å². The minimum Gasteiger partial charge on any atom is -0.469 e. The summed E-state index contributed by atoms with van der Waals surface area (Å²) in [7, 11) is 0. The van der Waals surface area contributed by atoms with Crippen molar-refractivity contribution < 1.29 is 9.53 Å². The van der Waals surface area contributed by atoms with Crippen LogP contribution >= 0.6 is 0 Å². The number of ether oxygens (including phenoxy) is 1. The van der Waals surface area contributed by atoms with Crippen molar-refractivity contribution in [2.75, 3.05) is 0 Å². The Kier molecular flexibility index (Phi) is 1.30. The van der Waals surface area contributed by atoms with Gasteiger partial charge in [0.15, 0.2) is 0 Å². The molecule has 2 aliphatic rings. The number of carbonyl (C=O) groups is 1. The van der Waals surface area contributed by atoms with E-state index in [9.17, 15) is 4.79 Å². The van der Waals surface area contributed by atoms with Crippen LogP contribution in [0.15, 0.2) is 36.2 Å². The number of nitrogens with one attached hydrogen (secondary N) is 1. The smallest absolute Gasteiger partial charge is 0.252 e. The van der Waals surface area contributed by atoms with E-state index in [0.29, 0.717) is 11.3 Å². The standard InChI is InChI=1S/C7H7N3O2/c8-7(11)5-3-9-10-1-2-12-4-6(5)10/h1-4,9H,(H2,8,11). The number of fused-ring (bicyclic) bond motifs is 1. The molecule has 5 heteroatoms. The molecule has 0 unspecified atom stereocenters. The first-order chi connectivity index (χ1) is 5.79. The molecule has 5 nitrogen and oxygen atoms in total. The molecule has 3 N–H and O–H groups in total. The molecule has 0 saturated carbocycles. The quantitative estimate of drug-likeness (QED) is 0.550. The van der Waals surface area contributed by atoms with Gasteiger partial charge in [-0.2, -0.15) is 0 Å². The molecule has 62 valence electrons. The minimum atomic E-state index is -0.477. The van der Waals surface area contributed by atoms with Crippen LogP contribution in [0.2, 0.25) is 0 Å². The molecule has 0 spiro atoms. The second-order valence-corrected chi connectivity index (χ2v) is 2.35. The molecular formula is C7H7N3O2. The molecule has 0 aromatic rings. The summed E-state index contributed by atoms with van der Waals surface area (Å²) in [6.07, 6.45) is 6.14. The van der Waals surface area contributed by atoms with Crippen molar-refractivity contribution in [1.29, 1.82) is 0 Å². The van der Waals surface area contributed by atoms with Gasteiger partial charge in [-0.25, -0.2) is 0 Å².